The number of halogens is 3. The van der Waals surface area contributed by atoms with Gasteiger partial charge in [-0.1, -0.05) is 12.1 Å². The summed E-state index contributed by atoms with van der Waals surface area (Å²) in [6.45, 7) is 3.57. The van der Waals surface area contributed by atoms with Gasteiger partial charge in [0.1, 0.15) is 6.42 Å². The molecule has 4 nitrogen and oxygen atoms in total. The van der Waals surface area contributed by atoms with Crippen molar-refractivity contribution in [3.05, 3.63) is 11.7 Å². The molecule has 96 valence electrons. The van der Waals surface area contributed by atoms with E-state index >= 15 is 0 Å². The van der Waals surface area contributed by atoms with Crippen molar-refractivity contribution in [1.29, 1.82) is 0 Å². The molecular weight excluding hydrogens is 235 g/mol. The third-order valence-corrected chi connectivity index (χ3v) is 3.05. The van der Waals surface area contributed by atoms with Crippen LogP contribution in [-0.2, 0) is 11.8 Å². The molecule has 2 heterocycles. The highest BCUT2D eigenvalue weighted by Crippen LogP contribution is 2.32. The van der Waals surface area contributed by atoms with Crippen LogP contribution >= 0.6 is 0 Å². The highest BCUT2D eigenvalue weighted by atomic mass is 19.4. The smallest absolute Gasteiger partial charge is 0.339 e. The van der Waals surface area contributed by atoms with E-state index in [-0.39, 0.29) is 11.2 Å². The second kappa shape index (κ2) is 4.29. The number of nitrogens with zero attached hydrogens (tertiary/aromatic N) is 2. The summed E-state index contributed by atoms with van der Waals surface area (Å²) in [7, 11) is 0. The third-order valence-electron chi connectivity index (χ3n) is 3.05. The molecule has 1 aromatic rings. The lowest BCUT2D eigenvalue weighted by Crippen LogP contribution is -2.37. The van der Waals surface area contributed by atoms with E-state index < -0.39 is 12.6 Å². The molecule has 0 radical (unpaired) electrons. The highest BCUT2D eigenvalue weighted by molar-refractivity contribution is 5.05. The first kappa shape index (κ1) is 12.3. The van der Waals surface area contributed by atoms with Crippen LogP contribution in [0.1, 0.15) is 31.5 Å². The molecule has 1 N–H and O–H groups in total. The van der Waals surface area contributed by atoms with E-state index in [1.807, 2.05) is 6.92 Å². The maximum atomic E-state index is 12.2. The monoisotopic (exact) mass is 249 g/mol. The van der Waals surface area contributed by atoms with Crippen molar-refractivity contribution in [1.82, 2.24) is 15.5 Å². The van der Waals surface area contributed by atoms with Gasteiger partial charge in [-0.05, 0) is 25.9 Å². The number of aromatic nitrogens is 2. The van der Waals surface area contributed by atoms with Crippen LogP contribution in [0.3, 0.4) is 0 Å². The first-order chi connectivity index (χ1) is 7.89. The molecule has 0 aliphatic carbocycles. The fourth-order valence-electron chi connectivity index (χ4n) is 1.94. The molecule has 0 bridgehead atoms. The van der Waals surface area contributed by atoms with E-state index in [0.717, 1.165) is 25.9 Å². The molecule has 7 heteroatoms. The maximum absolute atomic E-state index is 12.2. The van der Waals surface area contributed by atoms with E-state index in [1.165, 1.54) is 0 Å². The normalized spacial score (nSPS) is 20.5. The Labute approximate surface area is 96.6 Å². The Morgan fingerprint density at radius 2 is 2.00 bits per heavy atom. The molecule has 0 unspecified atom stereocenters. The SMILES string of the molecule is CC1(c2nc(CC(F)(F)F)no2)CCNCC1. The fraction of sp³-hybridized carbons (Fsp3) is 0.800. The average Bonchev–Trinajstić information content (AvgIpc) is 2.65. The largest absolute Gasteiger partial charge is 0.396 e. The number of hydrogen-bond donors (Lipinski definition) is 1. The average molecular weight is 249 g/mol. The molecule has 1 fully saturated rings. The van der Waals surface area contributed by atoms with Crippen molar-refractivity contribution in [3.63, 3.8) is 0 Å². The first-order valence-corrected chi connectivity index (χ1v) is 5.50. The van der Waals surface area contributed by atoms with Gasteiger partial charge >= 0.3 is 6.18 Å². The Morgan fingerprint density at radius 3 is 2.59 bits per heavy atom. The molecular formula is C10H14F3N3O. The molecule has 0 aromatic carbocycles. The van der Waals surface area contributed by atoms with E-state index in [2.05, 4.69) is 15.5 Å². The van der Waals surface area contributed by atoms with Crippen LogP contribution in [0.15, 0.2) is 4.52 Å². The summed E-state index contributed by atoms with van der Waals surface area (Å²) >= 11 is 0. The summed E-state index contributed by atoms with van der Waals surface area (Å²) < 4.78 is 41.4. The van der Waals surface area contributed by atoms with Crippen LogP contribution in [0.25, 0.3) is 0 Å². The molecule has 1 aromatic heterocycles. The van der Waals surface area contributed by atoms with Crippen molar-refractivity contribution >= 4 is 0 Å². The predicted molar refractivity (Wildman–Crippen MR) is 53.5 cm³/mol. The van der Waals surface area contributed by atoms with Gasteiger partial charge < -0.3 is 9.84 Å². The van der Waals surface area contributed by atoms with Gasteiger partial charge in [0.2, 0.25) is 5.89 Å². The standard InChI is InChI=1S/C10H14F3N3O/c1-9(2-4-14-5-3-9)8-15-7(16-17-8)6-10(11,12)13/h14H,2-6H2,1H3. The lowest BCUT2D eigenvalue weighted by Gasteiger charge is -2.30. The summed E-state index contributed by atoms with van der Waals surface area (Å²) in [5.41, 5.74) is -0.303. The molecule has 2 rings (SSSR count). The van der Waals surface area contributed by atoms with Crippen LogP contribution < -0.4 is 5.32 Å². The zero-order valence-corrected chi connectivity index (χ0v) is 9.47. The van der Waals surface area contributed by atoms with Gasteiger partial charge in [0, 0.05) is 5.41 Å². The lowest BCUT2D eigenvalue weighted by molar-refractivity contribution is -0.128. The molecule has 0 spiro atoms. The summed E-state index contributed by atoms with van der Waals surface area (Å²) in [6.07, 6.45) is -3.84. The van der Waals surface area contributed by atoms with Gasteiger partial charge in [0.15, 0.2) is 5.82 Å². The molecule has 17 heavy (non-hydrogen) atoms. The fourth-order valence-corrected chi connectivity index (χ4v) is 1.94. The quantitative estimate of drug-likeness (QED) is 0.868. The van der Waals surface area contributed by atoms with Crippen molar-refractivity contribution in [3.8, 4) is 0 Å². The number of nitrogens with one attached hydrogen (secondary N) is 1. The minimum atomic E-state index is -4.30. The summed E-state index contributed by atoms with van der Waals surface area (Å²) in [4.78, 5) is 3.87. The summed E-state index contributed by atoms with van der Waals surface area (Å²) in [5.74, 6) is 0.0329. The minimum absolute atomic E-state index is 0.285. The van der Waals surface area contributed by atoms with E-state index in [4.69, 9.17) is 4.52 Å². The Kier molecular flexibility index (Phi) is 3.11. The summed E-state index contributed by atoms with van der Waals surface area (Å²) in [6, 6.07) is 0. The lowest BCUT2D eigenvalue weighted by atomic mass is 9.81. The maximum Gasteiger partial charge on any atom is 0.396 e. The number of rotatable bonds is 2. The highest BCUT2D eigenvalue weighted by Gasteiger charge is 2.36. The van der Waals surface area contributed by atoms with Crippen molar-refractivity contribution in [2.75, 3.05) is 13.1 Å². The number of piperidine rings is 1. The number of alkyl halides is 3. The minimum Gasteiger partial charge on any atom is -0.339 e. The van der Waals surface area contributed by atoms with Crippen LogP contribution in [0, 0.1) is 0 Å². The van der Waals surface area contributed by atoms with Crippen molar-refractivity contribution in [2.24, 2.45) is 0 Å². The zero-order chi connectivity index (χ0) is 12.5. The van der Waals surface area contributed by atoms with Gasteiger partial charge in [-0.25, -0.2) is 0 Å². The molecule has 0 atom stereocenters. The van der Waals surface area contributed by atoms with Crippen LogP contribution in [0.4, 0.5) is 13.2 Å². The molecule has 1 saturated heterocycles. The zero-order valence-electron chi connectivity index (χ0n) is 9.47. The second-order valence-electron chi connectivity index (χ2n) is 4.62. The van der Waals surface area contributed by atoms with Crippen molar-refractivity contribution in [2.45, 2.75) is 37.8 Å². The van der Waals surface area contributed by atoms with Crippen LogP contribution in [0.2, 0.25) is 0 Å². The first-order valence-electron chi connectivity index (χ1n) is 5.50. The molecule has 0 saturated carbocycles. The molecule has 1 aliphatic rings. The van der Waals surface area contributed by atoms with Gasteiger partial charge in [0.05, 0.1) is 0 Å². The second-order valence-corrected chi connectivity index (χ2v) is 4.62. The predicted octanol–water partition coefficient (Wildman–Crippen LogP) is 1.82. The van der Waals surface area contributed by atoms with Crippen molar-refractivity contribution < 1.29 is 17.7 Å². The number of hydrogen-bond acceptors (Lipinski definition) is 4. The summed E-state index contributed by atoms with van der Waals surface area (Å²) in [5, 5.41) is 6.58. The third kappa shape index (κ3) is 2.96. The molecule has 0 amide bonds. The Morgan fingerprint density at radius 1 is 1.35 bits per heavy atom. The molecule has 1 aliphatic heterocycles. The Balaban J connectivity index is 2.12. The van der Waals surface area contributed by atoms with Gasteiger partial charge in [-0.15, -0.1) is 0 Å². The van der Waals surface area contributed by atoms with Gasteiger partial charge in [-0.2, -0.15) is 18.2 Å². The van der Waals surface area contributed by atoms with Crippen LogP contribution in [0.5, 0.6) is 0 Å². The Hall–Kier alpha value is -1.11. The van der Waals surface area contributed by atoms with Gasteiger partial charge in [-0.3, -0.25) is 0 Å². The van der Waals surface area contributed by atoms with Gasteiger partial charge in [0.25, 0.3) is 0 Å². The van der Waals surface area contributed by atoms with E-state index in [0.29, 0.717) is 5.89 Å². The van der Waals surface area contributed by atoms with E-state index in [1.54, 1.807) is 0 Å². The van der Waals surface area contributed by atoms with E-state index in [9.17, 15) is 13.2 Å². The Bertz CT molecular complexity index is 382. The topological polar surface area (TPSA) is 51.0 Å². The van der Waals surface area contributed by atoms with Crippen LogP contribution in [-0.4, -0.2) is 29.4 Å².